The minimum atomic E-state index is -3.65. The highest BCUT2D eigenvalue weighted by Gasteiger charge is 2.19. The predicted molar refractivity (Wildman–Crippen MR) is 83.6 cm³/mol. The fraction of sp³-hybridized carbons (Fsp3) is 0.214. The Hall–Kier alpha value is -1.44. The normalized spacial score (nSPS) is 11.3. The molecule has 0 amide bonds. The van der Waals surface area contributed by atoms with Crippen LogP contribution in [0.3, 0.4) is 0 Å². The smallest absolute Gasteiger partial charge is 0.244 e. The molecule has 2 rings (SSSR count). The first-order valence-electron chi connectivity index (χ1n) is 6.34. The van der Waals surface area contributed by atoms with Crippen molar-refractivity contribution in [1.82, 2.24) is 9.71 Å². The van der Waals surface area contributed by atoms with Crippen LogP contribution >= 0.6 is 15.9 Å². The number of pyridine rings is 1. The molecule has 0 fully saturated rings. The van der Waals surface area contributed by atoms with Gasteiger partial charge in [0.1, 0.15) is 10.6 Å². The second-order valence-corrected chi connectivity index (χ2v) is 6.86. The fourth-order valence-corrected chi connectivity index (χ4v) is 3.21. The standard InChI is InChI=1S/C14H15BrN2O3S/c1-2-20-13-8-12(15)5-6-14(13)21(18,19)17-10-11-4-3-7-16-9-11/h3-9,17H,2,10H2,1H3. The molecule has 0 unspecified atom stereocenters. The number of benzene rings is 1. The number of aromatic nitrogens is 1. The Kier molecular flexibility index (Phi) is 5.33. The number of hydrogen-bond acceptors (Lipinski definition) is 4. The summed E-state index contributed by atoms with van der Waals surface area (Å²) in [6, 6.07) is 8.39. The zero-order chi connectivity index (χ0) is 15.3. The van der Waals surface area contributed by atoms with Crippen molar-refractivity contribution in [2.24, 2.45) is 0 Å². The van der Waals surface area contributed by atoms with Gasteiger partial charge in [-0.15, -0.1) is 0 Å². The molecule has 2 aromatic rings. The van der Waals surface area contributed by atoms with E-state index in [9.17, 15) is 8.42 Å². The lowest BCUT2D eigenvalue weighted by molar-refractivity contribution is 0.330. The largest absolute Gasteiger partial charge is 0.492 e. The summed E-state index contributed by atoms with van der Waals surface area (Å²) in [5.41, 5.74) is 0.788. The monoisotopic (exact) mass is 370 g/mol. The average molecular weight is 371 g/mol. The summed E-state index contributed by atoms with van der Waals surface area (Å²) in [5.74, 6) is 0.325. The van der Waals surface area contributed by atoms with E-state index in [4.69, 9.17) is 4.74 Å². The molecule has 0 radical (unpaired) electrons. The van der Waals surface area contributed by atoms with Crippen molar-refractivity contribution in [2.75, 3.05) is 6.61 Å². The van der Waals surface area contributed by atoms with E-state index in [2.05, 4.69) is 25.6 Å². The van der Waals surface area contributed by atoms with E-state index in [1.807, 2.05) is 0 Å². The van der Waals surface area contributed by atoms with Gasteiger partial charge in [-0.1, -0.05) is 22.0 Å². The van der Waals surface area contributed by atoms with Crippen LogP contribution in [-0.2, 0) is 16.6 Å². The van der Waals surface area contributed by atoms with Crippen LogP contribution in [0.25, 0.3) is 0 Å². The number of nitrogens with one attached hydrogen (secondary N) is 1. The minimum Gasteiger partial charge on any atom is -0.492 e. The van der Waals surface area contributed by atoms with Crippen molar-refractivity contribution in [1.29, 1.82) is 0 Å². The van der Waals surface area contributed by atoms with Crippen molar-refractivity contribution >= 4 is 26.0 Å². The van der Waals surface area contributed by atoms with E-state index in [1.54, 1.807) is 43.6 Å². The molecule has 5 nitrogen and oxygen atoms in total. The van der Waals surface area contributed by atoms with Crippen LogP contribution < -0.4 is 9.46 Å². The summed E-state index contributed by atoms with van der Waals surface area (Å²) in [6.07, 6.45) is 3.26. The maximum atomic E-state index is 12.4. The highest BCUT2D eigenvalue weighted by Crippen LogP contribution is 2.27. The third kappa shape index (κ3) is 4.26. The molecule has 0 atom stereocenters. The Labute approximate surface area is 132 Å². The molecule has 1 heterocycles. The Balaban J connectivity index is 2.23. The van der Waals surface area contributed by atoms with Crippen LogP contribution in [-0.4, -0.2) is 20.0 Å². The van der Waals surface area contributed by atoms with Crippen LogP contribution in [0.4, 0.5) is 0 Å². The van der Waals surface area contributed by atoms with Crippen molar-refractivity contribution in [3.05, 3.63) is 52.8 Å². The molecule has 0 saturated heterocycles. The quantitative estimate of drug-likeness (QED) is 0.848. The highest BCUT2D eigenvalue weighted by atomic mass is 79.9. The second kappa shape index (κ2) is 7.02. The minimum absolute atomic E-state index is 0.122. The first-order valence-corrected chi connectivity index (χ1v) is 8.61. The molecule has 0 bridgehead atoms. The molecule has 0 aliphatic carbocycles. The molecule has 0 spiro atoms. The van der Waals surface area contributed by atoms with Gasteiger partial charge in [-0.25, -0.2) is 13.1 Å². The lowest BCUT2D eigenvalue weighted by Crippen LogP contribution is -2.24. The fourth-order valence-electron chi connectivity index (χ4n) is 1.73. The number of halogens is 1. The number of sulfonamides is 1. The van der Waals surface area contributed by atoms with Gasteiger partial charge in [0.25, 0.3) is 0 Å². The first kappa shape index (κ1) is 15.9. The lowest BCUT2D eigenvalue weighted by atomic mass is 10.3. The van der Waals surface area contributed by atoms with E-state index >= 15 is 0 Å². The van der Waals surface area contributed by atoms with Crippen molar-refractivity contribution in [3.63, 3.8) is 0 Å². The number of rotatable bonds is 6. The summed E-state index contributed by atoms with van der Waals surface area (Å²) < 4.78 is 33.5. The van der Waals surface area contributed by atoms with Gasteiger partial charge >= 0.3 is 0 Å². The van der Waals surface area contributed by atoms with Crippen molar-refractivity contribution < 1.29 is 13.2 Å². The van der Waals surface area contributed by atoms with Crippen LogP contribution in [0, 0.1) is 0 Å². The van der Waals surface area contributed by atoms with Gasteiger partial charge in [0.2, 0.25) is 10.0 Å². The lowest BCUT2D eigenvalue weighted by Gasteiger charge is -2.12. The molecular formula is C14H15BrN2O3S. The van der Waals surface area contributed by atoms with Crippen molar-refractivity contribution in [2.45, 2.75) is 18.4 Å². The molecule has 0 aliphatic rings. The maximum Gasteiger partial charge on any atom is 0.244 e. The summed E-state index contributed by atoms with van der Waals surface area (Å²) in [7, 11) is -3.65. The average Bonchev–Trinajstić information content (AvgIpc) is 2.47. The first-order chi connectivity index (χ1) is 10.0. The Morgan fingerprint density at radius 1 is 1.33 bits per heavy atom. The van der Waals surface area contributed by atoms with E-state index in [-0.39, 0.29) is 11.4 Å². The molecule has 0 saturated carbocycles. The van der Waals surface area contributed by atoms with E-state index in [1.165, 1.54) is 6.07 Å². The van der Waals surface area contributed by atoms with Gasteiger partial charge in [0, 0.05) is 23.4 Å². The third-order valence-electron chi connectivity index (χ3n) is 2.68. The van der Waals surface area contributed by atoms with Crippen LogP contribution in [0.1, 0.15) is 12.5 Å². The van der Waals surface area contributed by atoms with Gasteiger partial charge in [0.05, 0.1) is 6.61 Å². The number of ether oxygens (including phenoxy) is 1. The zero-order valence-electron chi connectivity index (χ0n) is 11.4. The molecule has 1 aromatic carbocycles. The SMILES string of the molecule is CCOc1cc(Br)ccc1S(=O)(=O)NCc1cccnc1. The summed E-state index contributed by atoms with van der Waals surface area (Å²) >= 11 is 3.31. The van der Waals surface area contributed by atoms with Gasteiger partial charge in [-0.05, 0) is 36.8 Å². The third-order valence-corrected chi connectivity index (χ3v) is 4.62. The number of nitrogens with zero attached hydrogens (tertiary/aromatic N) is 1. The highest BCUT2D eigenvalue weighted by molar-refractivity contribution is 9.10. The Bertz CT molecular complexity index is 705. The van der Waals surface area contributed by atoms with Crippen LogP contribution in [0.2, 0.25) is 0 Å². The summed E-state index contributed by atoms with van der Waals surface area (Å²) in [5, 5.41) is 0. The van der Waals surface area contributed by atoms with E-state index in [0.29, 0.717) is 12.4 Å². The van der Waals surface area contributed by atoms with Gasteiger partial charge in [0.15, 0.2) is 0 Å². The van der Waals surface area contributed by atoms with Gasteiger partial charge in [-0.3, -0.25) is 4.98 Å². The topological polar surface area (TPSA) is 68.3 Å². The molecule has 7 heteroatoms. The van der Waals surface area contributed by atoms with E-state index in [0.717, 1.165) is 10.0 Å². The van der Waals surface area contributed by atoms with Gasteiger partial charge in [-0.2, -0.15) is 0 Å². The maximum absolute atomic E-state index is 12.4. The Morgan fingerprint density at radius 3 is 2.81 bits per heavy atom. The van der Waals surface area contributed by atoms with E-state index < -0.39 is 10.0 Å². The Morgan fingerprint density at radius 2 is 2.14 bits per heavy atom. The molecular weight excluding hydrogens is 356 g/mol. The van der Waals surface area contributed by atoms with Crippen molar-refractivity contribution in [3.8, 4) is 5.75 Å². The van der Waals surface area contributed by atoms with Crippen LogP contribution in [0.5, 0.6) is 5.75 Å². The molecule has 21 heavy (non-hydrogen) atoms. The summed E-state index contributed by atoms with van der Waals surface area (Å²) in [4.78, 5) is 4.07. The zero-order valence-corrected chi connectivity index (χ0v) is 13.8. The molecule has 1 N–H and O–H groups in total. The molecule has 1 aromatic heterocycles. The molecule has 0 aliphatic heterocycles. The number of hydrogen-bond donors (Lipinski definition) is 1. The molecule has 112 valence electrons. The second-order valence-electron chi connectivity index (χ2n) is 4.21. The summed E-state index contributed by atoms with van der Waals surface area (Å²) in [6.45, 7) is 2.37. The predicted octanol–water partition coefficient (Wildman–Crippen LogP) is 2.72. The van der Waals surface area contributed by atoms with Gasteiger partial charge < -0.3 is 4.74 Å². The van der Waals surface area contributed by atoms with Crippen LogP contribution in [0.15, 0.2) is 52.1 Å².